The van der Waals surface area contributed by atoms with Crippen molar-refractivity contribution in [1.29, 1.82) is 0 Å². The summed E-state index contributed by atoms with van der Waals surface area (Å²) in [5, 5.41) is 3.76. The molecule has 1 N–H and O–H groups in total. The van der Waals surface area contributed by atoms with Gasteiger partial charge >= 0.3 is 0 Å². The van der Waals surface area contributed by atoms with Crippen LogP contribution in [0, 0.1) is 9.49 Å². The lowest BCUT2D eigenvalue weighted by atomic mass is 9.77. The van der Waals surface area contributed by atoms with Crippen LogP contribution >= 0.6 is 22.6 Å². The maximum absolute atomic E-state index is 5.66. The summed E-state index contributed by atoms with van der Waals surface area (Å²) in [5.41, 5.74) is 3.83. The Hall–Kier alpha value is -1.69. The molecule has 1 heterocycles. The number of hydrogen-bond donors (Lipinski definition) is 1. The van der Waals surface area contributed by atoms with Gasteiger partial charge in [-0.2, -0.15) is 0 Å². The first kappa shape index (κ1) is 15.8. The van der Waals surface area contributed by atoms with Gasteiger partial charge in [-0.05, 0) is 70.8 Å². The van der Waals surface area contributed by atoms with E-state index in [-0.39, 0.29) is 6.04 Å². The number of hydrogen-bond acceptors (Lipinski definition) is 3. The van der Waals surface area contributed by atoms with E-state index in [0.717, 1.165) is 17.9 Å². The summed E-state index contributed by atoms with van der Waals surface area (Å²) < 4.78 is 12.3. The van der Waals surface area contributed by atoms with Crippen molar-refractivity contribution in [3.8, 4) is 11.5 Å². The molecule has 0 fully saturated rings. The molecule has 2 aromatic rings. The summed E-state index contributed by atoms with van der Waals surface area (Å²) in [6.45, 7) is 0. The van der Waals surface area contributed by atoms with E-state index in [1.165, 1.54) is 20.4 Å². The number of benzene rings is 2. The fourth-order valence-corrected chi connectivity index (χ4v) is 4.46. The zero-order valence-electron chi connectivity index (χ0n) is 13.8. The van der Waals surface area contributed by atoms with Crippen LogP contribution in [-0.2, 0) is 0 Å². The lowest BCUT2D eigenvalue weighted by molar-refractivity contribution is 0.372. The van der Waals surface area contributed by atoms with Gasteiger partial charge in [0.25, 0.3) is 0 Å². The fourth-order valence-electron chi connectivity index (χ4n) is 3.95. The van der Waals surface area contributed by atoms with E-state index in [2.05, 4.69) is 64.3 Å². The summed E-state index contributed by atoms with van der Waals surface area (Å²) in [5.74, 6) is 2.68. The van der Waals surface area contributed by atoms with E-state index >= 15 is 0 Å². The Kier molecular flexibility index (Phi) is 4.16. The number of rotatable bonds is 3. The molecule has 1 aliphatic heterocycles. The normalized spacial score (nSPS) is 24.0. The van der Waals surface area contributed by atoms with Crippen molar-refractivity contribution in [2.45, 2.75) is 18.4 Å². The molecule has 0 saturated heterocycles. The second-order valence-electron chi connectivity index (χ2n) is 6.31. The van der Waals surface area contributed by atoms with E-state index in [4.69, 9.17) is 9.47 Å². The molecule has 124 valence electrons. The number of allylic oxidation sites excluding steroid dienone is 2. The van der Waals surface area contributed by atoms with Gasteiger partial charge in [-0.3, -0.25) is 0 Å². The molecule has 2 aromatic carbocycles. The highest BCUT2D eigenvalue weighted by molar-refractivity contribution is 14.1. The van der Waals surface area contributed by atoms with Crippen LogP contribution in [-0.4, -0.2) is 14.2 Å². The maximum Gasteiger partial charge on any atom is 0.127 e. The molecule has 0 unspecified atom stereocenters. The van der Waals surface area contributed by atoms with E-state index in [9.17, 15) is 0 Å². The number of halogens is 1. The molecule has 0 spiro atoms. The highest BCUT2D eigenvalue weighted by Gasteiger charge is 2.39. The minimum absolute atomic E-state index is 0.235. The smallest absolute Gasteiger partial charge is 0.127 e. The predicted octanol–water partition coefficient (Wildman–Crippen LogP) is 5.13. The van der Waals surface area contributed by atoms with Gasteiger partial charge in [-0.25, -0.2) is 0 Å². The monoisotopic (exact) mass is 433 g/mol. The summed E-state index contributed by atoms with van der Waals surface area (Å²) in [6.07, 6.45) is 5.76. The van der Waals surface area contributed by atoms with Crippen LogP contribution in [0.1, 0.15) is 29.5 Å². The van der Waals surface area contributed by atoms with Gasteiger partial charge in [-0.15, -0.1) is 0 Å². The van der Waals surface area contributed by atoms with Crippen molar-refractivity contribution in [2.75, 3.05) is 19.5 Å². The van der Waals surface area contributed by atoms with Crippen LogP contribution in [0.25, 0.3) is 0 Å². The Morgan fingerprint density at radius 1 is 1.04 bits per heavy atom. The van der Waals surface area contributed by atoms with Crippen LogP contribution in [0.4, 0.5) is 5.69 Å². The number of anilines is 1. The Morgan fingerprint density at radius 3 is 2.71 bits per heavy atom. The summed E-state index contributed by atoms with van der Waals surface area (Å²) in [7, 11) is 3.41. The third-order valence-electron chi connectivity index (χ3n) is 5.10. The first-order valence-electron chi connectivity index (χ1n) is 8.16. The molecule has 0 radical (unpaired) electrons. The maximum atomic E-state index is 5.66. The van der Waals surface area contributed by atoms with Crippen molar-refractivity contribution in [3.05, 3.63) is 63.2 Å². The van der Waals surface area contributed by atoms with Crippen LogP contribution < -0.4 is 14.8 Å². The van der Waals surface area contributed by atoms with Gasteiger partial charge < -0.3 is 14.8 Å². The number of nitrogens with one attached hydrogen (secondary N) is 1. The van der Waals surface area contributed by atoms with Crippen LogP contribution in [0.5, 0.6) is 11.5 Å². The number of ether oxygens (including phenoxy) is 2. The Morgan fingerprint density at radius 2 is 1.92 bits per heavy atom. The average Bonchev–Trinajstić information content (AvgIpc) is 3.11. The molecule has 3 nitrogen and oxygen atoms in total. The minimum Gasteiger partial charge on any atom is -0.497 e. The topological polar surface area (TPSA) is 30.5 Å². The molecule has 0 saturated carbocycles. The number of methoxy groups -OCH3 is 2. The minimum atomic E-state index is 0.235. The van der Waals surface area contributed by atoms with Crippen molar-refractivity contribution in [2.24, 2.45) is 5.92 Å². The molecule has 4 heteroatoms. The lowest BCUT2D eigenvalue weighted by Crippen LogP contribution is -2.29. The van der Waals surface area contributed by atoms with Crippen LogP contribution in [0.15, 0.2) is 48.6 Å². The van der Waals surface area contributed by atoms with E-state index in [1.807, 2.05) is 12.1 Å². The van der Waals surface area contributed by atoms with Crippen molar-refractivity contribution in [3.63, 3.8) is 0 Å². The van der Waals surface area contributed by atoms with Gasteiger partial charge in [0.05, 0.1) is 20.3 Å². The SMILES string of the molecule is COc1ccc([C@@H]2Nc3ccc(I)cc3[C@@H]3C=CC[C@@H]32)c(OC)c1. The van der Waals surface area contributed by atoms with E-state index in [1.54, 1.807) is 14.2 Å². The second kappa shape index (κ2) is 6.31. The van der Waals surface area contributed by atoms with Crippen molar-refractivity contribution in [1.82, 2.24) is 0 Å². The van der Waals surface area contributed by atoms with Crippen LogP contribution in [0.3, 0.4) is 0 Å². The molecular formula is C20H20INO2. The van der Waals surface area contributed by atoms with Gasteiger partial charge in [-0.1, -0.05) is 12.2 Å². The van der Waals surface area contributed by atoms with E-state index < -0.39 is 0 Å². The summed E-state index contributed by atoms with van der Waals surface area (Å²) >= 11 is 2.39. The zero-order valence-corrected chi connectivity index (χ0v) is 15.9. The Bertz CT molecular complexity index is 802. The number of fused-ring (bicyclic) bond motifs is 3. The van der Waals surface area contributed by atoms with Gasteiger partial charge in [0, 0.05) is 26.8 Å². The molecule has 0 amide bonds. The fraction of sp³-hybridized carbons (Fsp3) is 0.300. The molecule has 24 heavy (non-hydrogen) atoms. The summed E-state index contributed by atoms with van der Waals surface area (Å²) in [6, 6.07) is 13.0. The summed E-state index contributed by atoms with van der Waals surface area (Å²) in [4.78, 5) is 0. The van der Waals surface area contributed by atoms with Gasteiger partial charge in [0.15, 0.2) is 0 Å². The lowest BCUT2D eigenvalue weighted by Gasteiger charge is -2.38. The first-order chi connectivity index (χ1) is 11.7. The zero-order chi connectivity index (χ0) is 16.7. The third-order valence-corrected chi connectivity index (χ3v) is 5.77. The van der Waals surface area contributed by atoms with Crippen molar-refractivity contribution < 1.29 is 9.47 Å². The third kappa shape index (κ3) is 2.57. The largest absolute Gasteiger partial charge is 0.497 e. The van der Waals surface area contributed by atoms with E-state index in [0.29, 0.717) is 11.8 Å². The predicted molar refractivity (Wildman–Crippen MR) is 105 cm³/mol. The Balaban J connectivity index is 1.79. The quantitative estimate of drug-likeness (QED) is 0.538. The van der Waals surface area contributed by atoms with Crippen LogP contribution in [0.2, 0.25) is 0 Å². The molecule has 4 rings (SSSR count). The molecule has 0 aromatic heterocycles. The van der Waals surface area contributed by atoms with Gasteiger partial charge in [0.1, 0.15) is 11.5 Å². The molecule has 1 aliphatic carbocycles. The van der Waals surface area contributed by atoms with Crippen molar-refractivity contribution >= 4 is 28.3 Å². The van der Waals surface area contributed by atoms with Gasteiger partial charge in [0.2, 0.25) is 0 Å². The standard InChI is InChI=1S/C20H20INO2/c1-23-13-7-8-16(19(11-13)24-2)20-15-5-3-4-14(15)17-10-12(21)6-9-18(17)22-20/h3-4,6-11,14-15,20,22H,5H2,1-2H3/t14-,15+,20-/m1/s1. The first-order valence-corrected chi connectivity index (χ1v) is 9.23. The molecule has 2 aliphatic rings. The molecular weight excluding hydrogens is 413 g/mol. The second-order valence-corrected chi connectivity index (χ2v) is 7.56. The molecule has 3 atom stereocenters. The molecule has 0 bridgehead atoms. The highest BCUT2D eigenvalue weighted by atomic mass is 127. The highest BCUT2D eigenvalue weighted by Crippen LogP contribution is 2.51. The Labute approximate surface area is 156 Å². The average molecular weight is 433 g/mol.